The topological polar surface area (TPSA) is 72.6 Å². The smallest absolute Gasteiger partial charge is 0.116 e. The molecule has 2 fully saturated rings. The lowest BCUT2D eigenvalue weighted by Crippen LogP contribution is -2.28. The van der Waals surface area contributed by atoms with Crippen LogP contribution in [0.4, 0.5) is 0 Å². The summed E-state index contributed by atoms with van der Waals surface area (Å²) in [5.74, 6) is 0.524. The first-order valence-electron chi connectivity index (χ1n) is 12.6. The van der Waals surface area contributed by atoms with E-state index in [2.05, 4.69) is 57.1 Å². The van der Waals surface area contributed by atoms with Crippen LogP contribution in [0.1, 0.15) is 68.8 Å². The van der Waals surface area contributed by atoms with Crippen LogP contribution >= 0.6 is 0 Å². The molecule has 3 aromatic rings. The molecular weight excluding hydrogens is 408 g/mol. The van der Waals surface area contributed by atoms with Crippen molar-refractivity contribution >= 4 is 16.6 Å². The average Bonchev–Trinajstić information content (AvgIpc) is 3.47. The third-order valence-corrected chi connectivity index (χ3v) is 6.74. The van der Waals surface area contributed by atoms with Gasteiger partial charge in [-0.15, -0.1) is 0 Å². The molecule has 2 aliphatic rings. The summed E-state index contributed by atoms with van der Waals surface area (Å²) in [6, 6.07) is 4.49. The number of nitrogens with one attached hydrogen (secondary N) is 3. The lowest BCUT2D eigenvalue weighted by atomic mass is 9.93. The fourth-order valence-electron chi connectivity index (χ4n) is 5.04. The Bertz CT molecular complexity index is 1090. The molecule has 0 aliphatic carbocycles. The first-order valence-corrected chi connectivity index (χ1v) is 12.6. The molecule has 0 spiro atoms. The lowest BCUT2D eigenvalue weighted by molar-refractivity contribution is 0.326. The number of nitrogens with zero attached hydrogens (tertiary/aromatic N) is 3. The van der Waals surface area contributed by atoms with E-state index in [1.54, 1.807) is 0 Å². The minimum atomic E-state index is 0.524. The van der Waals surface area contributed by atoms with Crippen molar-refractivity contribution in [1.29, 1.82) is 0 Å². The van der Waals surface area contributed by atoms with E-state index in [1.165, 1.54) is 36.2 Å². The minimum Gasteiger partial charge on any atom is -0.371 e. The molecule has 33 heavy (non-hydrogen) atoms. The SMILES string of the molecule is C=C/C=C(\c1cc(-c2n[nH]c3cnc(C4CCNCC4)cc23)[nH]c1C)N1CCCCC1.CC. The monoisotopic (exact) mass is 446 g/mol. The molecule has 5 heterocycles. The van der Waals surface area contributed by atoms with Gasteiger partial charge in [0.2, 0.25) is 0 Å². The molecule has 176 valence electrons. The molecule has 6 heteroatoms. The summed E-state index contributed by atoms with van der Waals surface area (Å²) >= 11 is 0. The number of aromatic nitrogens is 4. The summed E-state index contributed by atoms with van der Waals surface area (Å²) in [4.78, 5) is 10.8. The summed E-state index contributed by atoms with van der Waals surface area (Å²) in [5, 5.41) is 12.4. The predicted octanol–water partition coefficient (Wildman–Crippen LogP) is 5.77. The second-order valence-corrected chi connectivity index (χ2v) is 8.81. The molecule has 0 saturated carbocycles. The van der Waals surface area contributed by atoms with Crippen LogP contribution in [0.2, 0.25) is 0 Å². The van der Waals surface area contributed by atoms with Crippen molar-refractivity contribution in [2.24, 2.45) is 0 Å². The van der Waals surface area contributed by atoms with Crippen LogP contribution in [0, 0.1) is 6.92 Å². The van der Waals surface area contributed by atoms with Crippen molar-refractivity contribution in [1.82, 2.24) is 30.4 Å². The van der Waals surface area contributed by atoms with Gasteiger partial charge in [-0.2, -0.15) is 5.10 Å². The van der Waals surface area contributed by atoms with E-state index in [-0.39, 0.29) is 0 Å². The molecule has 2 aliphatic heterocycles. The van der Waals surface area contributed by atoms with Crippen LogP contribution in [0.15, 0.2) is 37.1 Å². The Morgan fingerprint density at radius 2 is 1.88 bits per heavy atom. The van der Waals surface area contributed by atoms with Crippen LogP contribution in [0.5, 0.6) is 0 Å². The Hall–Kier alpha value is -2.86. The number of hydrogen-bond donors (Lipinski definition) is 3. The van der Waals surface area contributed by atoms with Crippen LogP contribution in [-0.2, 0) is 0 Å². The highest BCUT2D eigenvalue weighted by atomic mass is 15.1. The summed E-state index contributed by atoms with van der Waals surface area (Å²) in [5.41, 5.74) is 7.84. The summed E-state index contributed by atoms with van der Waals surface area (Å²) < 4.78 is 0. The van der Waals surface area contributed by atoms with Crippen LogP contribution < -0.4 is 5.32 Å². The second kappa shape index (κ2) is 10.8. The quantitative estimate of drug-likeness (QED) is 0.435. The third-order valence-electron chi connectivity index (χ3n) is 6.74. The highest BCUT2D eigenvalue weighted by molar-refractivity contribution is 5.92. The van der Waals surface area contributed by atoms with E-state index in [4.69, 9.17) is 4.98 Å². The Morgan fingerprint density at radius 3 is 2.61 bits per heavy atom. The normalized spacial score (nSPS) is 17.7. The first-order chi connectivity index (χ1) is 16.2. The maximum absolute atomic E-state index is 4.74. The molecular formula is C27H38N6. The van der Waals surface area contributed by atoms with Crippen molar-refractivity contribution in [3.63, 3.8) is 0 Å². The number of allylic oxidation sites excluding steroid dienone is 2. The zero-order valence-electron chi connectivity index (χ0n) is 20.4. The van der Waals surface area contributed by atoms with E-state index >= 15 is 0 Å². The Kier molecular flexibility index (Phi) is 7.65. The molecule has 6 nitrogen and oxygen atoms in total. The predicted molar refractivity (Wildman–Crippen MR) is 138 cm³/mol. The van der Waals surface area contributed by atoms with Gasteiger partial charge in [0, 0.05) is 47.0 Å². The molecule has 0 unspecified atom stereocenters. The number of piperidine rings is 2. The maximum Gasteiger partial charge on any atom is 0.116 e. The molecule has 3 aromatic heterocycles. The molecule has 0 aromatic carbocycles. The highest BCUT2D eigenvalue weighted by Gasteiger charge is 2.21. The Labute approximate surface area is 197 Å². The number of rotatable bonds is 5. The molecule has 2 saturated heterocycles. The standard InChI is InChI=1S/C25H32N6.C2H6/c1-3-7-24(31-12-5-4-6-13-31)19-14-22(28-17(19)2)25-20-15-21(18-8-10-26-11-9-18)27-16-23(20)29-30-25;1-2/h3,7,14-16,18,26,28H,1,4-6,8-13H2,2H3,(H,29,30);1-2H3/b24-7+;. The zero-order valence-corrected chi connectivity index (χ0v) is 20.4. The van der Waals surface area contributed by atoms with Crippen LogP contribution in [0.3, 0.4) is 0 Å². The first kappa shape index (κ1) is 23.3. The van der Waals surface area contributed by atoms with E-state index < -0.39 is 0 Å². The van der Waals surface area contributed by atoms with Crippen molar-refractivity contribution in [3.8, 4) is 11.4 Å². The van der Waals surface area contributed by atoms with E-state index in [1.807, 2.05) is 26.1 Å². The molecule has 3 N–H and O–H groups in total. The van der Waals surface area contributed by atoms with Gasteiger partial charge in [-0.05, 0) is 70.3 Å². The van der Waals surface area contributed by atoms with Gasteiger partial charge in [-0.25, -0.2) is 0 Å². The number of fused-ring (bicyclic) bond motifs is 1. The average molecular weight is 447 g/mol. The molecule has 0 atom stereocenters. The minimum absolute atomic E-state index is 0.524. The van der Waals surface area contributed by atoms with E-state index in [9.17, 15) is 0 Å². The number of likely N-dealkylation sites (tertiary alicyclic amines) is 1. The lowest BCUT2D eigenvalue weighted by Gasteiger charge is -2.31. The number of pyridine rings is 1. The van der Waals surface area contributed by atoms with Gasteiger partial charge in [0.1, 0.15) is 5.69 Å². The van der Waals surface area contributed by atoms with Crippen LogP contribution in [-0.4, -0.2) is 51.2 Å². The number of aromatic amines is 2. The van der Waals surface area contributed by atoms with Gasteiger partial charge in [0.05, 0.1) is 17.4 Å². The van der Waals surface area contributed by atoms with Crippen molar-refractivity contribution in [2.75, 3.05) is 26.2 Å². The fourth-order valence-corrected chi connectivity index (χ4v) is 5.04. The van der Waals surface area contributed by atoms with Gasteiger partial charge in [-0.3, -0.25) is 10.1 Å². The highest BCUT2D eigenvalue weighted by Crippen LogP contribution is 2.34. The van der Waals surface area contributed by atoms with Gasteiger partial charge in [-0.1, -0.05) is 26.5 Å². The van der Waals surface area contributed by atoms with Gasteiger partial charge < -0.3 is 15.2 Å². The van der Waals surface area contributed by atoms with Gasteiger partial charge in [0.25, 0.3) is 0 Å². The Balaban J connectivity index is 0.00000126. The van der Waals surface area contributed by atoms with Crippen molar-refractivity contribution < 1.29 is 0 Å². The molecule has 0 bridgehead atoms. The van der Waals surface area contributed by atoms with Crippen molar-refractivity contribution in [2.45, 2.75) is 58.8 Å². The summed E-state index contributed by atoms with van der Waals surface area (Å²) in [6.45, 7) is 14.5. The van der Waals surface area contributed by atoms with Gasteiger partial charge >= 0.3 is 0 Å². The Morgan fingerprint density at radius 1 is 1.12 bits per heavy atom. The van der Waals surface area contributed by atoms with E-state index in [0.717, 1.165) is 67.0 Å². The fraction of sp³-hybridized carbons (Fsp3) is 0.481. The number of H-pyrrole nitrogens is 2. The molecule has 0 amide bonds. The maximum atomic E-state index is 4.74. The largest absolute Gasteiger partial charge is 0.371 e. The molecule has 0 radical (unpaired) electrons. The summed E-state index contributed by atoms with van der Waals surface area (Å²) in [6.07, 6.45) is 12.1. The van der Waals surface area contributed by atoms with Gasteiger partial charge in [0.15, 0.2) is 0 Å². The molecule has 5 rings (SSSR count). The third kappa shape index (κ3) is 4.91. The second-order valence-electron chi connectivity index (χ2n) is 8.81. The van der Waals surface area contributed by atoms with Crippen molar-refractivity contribution in [3.05, 3.63) is 54.0 Å². The van der Waals surface area contributed by atoms with E-state index in [0.29, 0.717) is 5.92 Å². The zero-order chi connectivity index (χ0) is 23.2. The van der Waals surface area contributed by atoms with Crippen LogP contribution in [0.25, 0.3) is 28.0 Å². The number of hydrogen-bond acceptors (Lipinski definition) is 4. The number of aryl methyl sites for hydroxylation is 1. The summed E-state index contributed by atoms with van der Waals surface area (Å²) in [7, 11) is 0.